The summed E-state index contributed by atoms with van der Waals surface area (Å²) in [5.74, 6) is 0.850. The van der Waals surface area contributed by atoms with Crippen molar-refractivity contribution in [1.29, 1.82) is 0 Å². The van der Waals surface area contributed by atoms with Gasteiger partial charge in [0.25, 0.3) is 0 Å². The molecule has 0 saturated carbocycles. The second-order valence-electron chi connectivity index (χ2n) is 5.95. The minimum Gasteiger partial charge on any atom is -0.464 e. The molecule has 0 aliphatic carbocycles. The molecular weight excluding hydrogens is 373 g/mol. The summed E-state index contributed by atoms with van der Waals surface area (Å²) < 4.78 is 17.4. The third kappa shape index (κ3) is 3.71. The van der Waals surface area contributed by atoms with E-state index in [-0.39, 0.29) is 0 Å². The van der Waals surface area contributed by atoms with Crippen LogP contribution in [0.4, 0.5) is 0 Å². The fraction of sp³-hybridized carbons (Fsp3) is 0.0455. The molecule has 1 aromatic heterocycles. The molecule has 0 aliphatic heterocycles. The van der Waals surface area contributed by atoms with E-state index in [1.165, 1.54) is 7.11 Å². The van der Waals surface area contributed by atoms with Crippen LogP contribution in [0.15, 0.2) is 84.9 Å². The molecule has 5 nitrogen and oxygen atoms in total. The van der Waals surface area contributed by atoms with Gasteiger partial charge in [0.05, 0.1) is 12.4 Å². The number of aromatic amines is 1. The first-order valence-corrected chi connectivity index (χ1v) is 9.89. The first-order valence-electron chi connectivity index (χ1n) is 8.71. The lowest BCUT2D eigenvalue weighted by molar-refractivity contribution is 0.0596. The van der Waals surface area contributed by atoms with Gasteiger partial charge in [-0.05, 0) is 30.3 Å². The van der Waals surface area contributed by atoms with Crippen LogP contribution in [0, 0.1) is 0 Å². The summed E-state index contributed by atoms with van der Waals surface area (Å²) in [5.41, 5.74) is 1.15. The first kappa shape index (κ1) is 18.1. The molecule has 0 unspecified atom stereocenters. The number of aromatic nitrogens is 1. The fourth-order valence-electron chi connectivity index (χ4n) is 2.83. The van der Waals surface area contributed by atoms with Crippen molar-refractivity contribution in [2.75, 3.05) is 7.11 Å². The highest BCUT2D eigenvalue weighted by Gasteiger charge is 2.30. The van der Waals surface area contributed by atoms with Crippen molar-refractivity contribution in [2.24, 2.45) is 0 Å². The number of fused-ring (bicyclic) bond motifs is 1. The number of esters is 1. The van der Waals surface area contributed by atoms with Crippen LogP contribution in [0.1, 0.15) is 10.5 Å². The van der Waals surface area contributed by atoms with E-state index in [9.17, 15) is 4.79 Å². The number of carbonyl (C=O) groups excluding carboxylic acids is 1. The molecule has 28 heavy (non-hydrogen) atoms. The molecule has 0 bridgehead atoms. The summed E-state index contributed by atoms with van der Waals surface area (Å²) in [6.45, 7) is 0. The number of H-pyrrole nitrogens is 1. The molecule has 0 atom stereocenters. The van der Waals surface area contributed by atoms with Gasteiger partial charge in [-0.1, -0.05) is 54.6 Å². The van der Waals surface area contributed by atoms with Crippen molar-refractivity contribution in [2.45, 2.75) is 0 Å². The Morgan fingerprint density at radius 3 is 1.89 bits per heavy atom. The van der Waals surface area contributed by atoms with E-state index in [4.69, 9.17) is 13.8 Å². The molecule has 4 aromatic rings. The molecule has 0 radical (unpaired) electrons. The van der Waals surface area contributed by atoms with Gasteiger partial charge in [-0.25, -0.2) is 4.79 Å². The van der Waals surface area contributed by atoms with Crippen LogP contribution in [-0.2, 0) is 4.74 Å². The minimum absolute atomic E-state index is 0.335. The van der Waals surface area contributed by atoms with Crippen LogP contribution >= 0.6 is 8.38 Å². The SMILES string of the molecule is COC(=O)c1[nH]c2ccccc2c1P(Oc1ccccc1)Oc1ccccc1. The second-order valence-corrected chi connectivity index (χ2v) is 7.28. The van der Waals surface area contributed by atoms with Crippen molar-refractivity contribution >= 4 is 30.6 Å². The van der Waals surface area contributed by atoms with Crippen molar-refractivity contribution in [3.05, 3.63) is 90.6 Å². The number of hydrogen-bond acceptors (Lipinski definition) is 4. The Morgan fingerprint density at radius 1 is 0.786 bits per heavy atom. The Labute approximate surface area is 163 Å². The molecular formula is C22H18NO4P. The molecule has 1 N–H and O–H groups in total. The van der Waals surface area contributed by atoms with Gasteiger partial charge < -0.3 is 18.8 Å². The fourth-order valence-corrected chi connectivity index (χ4v) is 4.40. The molecule has 140 valence electrons. The largest absolute Gasteiger partial charge is 0.464 e. The van der Waals surface area contributed by atoms with Crippen LogP contribution in [0.25, 0.3) is 10.9 Å². The van der Waals surface area contributed by atoms with Crippen molar-refractivity contribution in [3.63, 3.8) is 0 Å². The topological polar surface area (TPSA) is 60.6 Å². The van der Waals surface area contributed by atoms with E-state index in [2.05, 4.69) is 4.98 Å². The van der Waals surface area contributed by atoms with Crippen LogP contribution in [0.5, 0.6) is 11.5 Å². The summed E-state index contributed by atoms with van der Waals surface area (Å²) in [7, 11) is -0.305. The summed E-state index contributed by atoms with van der Waals surface area (Å²) in [6, 6.07) is 26.5. The van der Waals surface area contributed by atoms with Gasteiger partial charge in [-0.15, -0.1) is 0 Å². The van der Waals surface area contributed by atoms with Gasteiger partial charge >= 0.3 is 14.3 Å². The van der Waals surface area contributed by atoms with E-state index in [1.807, 2.05) is 84.9 Å². The third-order valence-corrected chi connectivity index (χ3v) is 5.70. The highest BCUT2D eigenvalue weighted by molar-refractivity contribution is 7.57. The quantitative estimate of drug-likeness (QED) is 0.369. The number of rotatable bonds is 6. The number of ether oxygens (including phenoxy) is 1. The molecule has 0 fully saturated rings. The lowest BCUT2D eigenvalue weighted by Gasteiger charge is -2.19. The van der Waals surface area contributed by atoms with Crippen LogP contribution in [-0.4, -0.2) is 18.1 Å². The van der Waals surface area contributed by atoms with Gasteiger partial charge in [-0.3, -0.25) is 0 Å². The molecule has 1 heterocycles. The van der Waals surface area contributed by atoms with Gasteiger partial charge in [-0.2, -0.15) is 0 Å². The standard InChI is InChI=1S/C22H18NO4P/c1-25-22(24)20-21(18-14-8-9-15-19(18)23-20)28(26-16-10-4-2-5-11-16)27-17-12-6-3-7-13-17/h2-15,23H,1H3. The van der Waals surface area contributed by atoms with E-state index >= 15 is 0 Å². The van der Waals surface area contributed by atoms with Crippen LogP contribution in [0.3, 0.4) is 0 Å². The normalized spacial score (nSPS) is 10.8. The van der Waals surface area contributed by atoms with Crippen molar-refractivity contribution in [1.82, 2.24) is 4.98 Å². The van der Waals surface area contributed by atoms with Crippen molar-refractivity contribution < 1.29 is 18.6 Å². The number of nitrogens with one attached hydrogen (secondary N) is 1. The third-order valence-electron chi connectivity index (χ3n) is 4.11. The Balaban J connectivity index is 1.84. The van der Waals surface area contributed by atoms with Gasteiger partial charge in [0.15, 0.2) is 0 Å². The Morgan fingerprint density at radius 2 is 1.32 bits per heavy atom. The molecule has 0 aliphatic rings. The molecule has 6 heteroatoms. The zero-order valence-electron chi connectivity index (χ0n) is 15.2. The lowest BCUT2D eigenvalue weighted by Crippen LogP contribution is -2.18. The Bertz CT molecular complexity index is 1040. The Kier molecular flexibility index (Phi) is 5.27. The van der Waals surface area contributed by atoms with Gasteiger partial charge in [0, 0.05) is 10.9 Å². The van der Waals surface area contributed by atoms with E-state index in [0.717, 1.165) is 10.9 Å². The predicted molar refractivity (Wildman–Crippen MR) is 110 cm³/mol. The zero-order chi connectivity index (χ0) is 19.3. The molecule has 0 saturated heterocycles. The highest BCUT2D eigenvalue weighted by Crippen LogP contribution is 2.42. The molecule has 3 aromatic carbocycles. The molecule has 0 amide bonds. The highest BCUT2D eigenvalue weighted by atomic mass is 31.2. The summed E-state index contributed by atoms with van der Waals surface area (Å²) in [6.07, 6.45) is 0. The predicted octanol–water partition coefficient (Wildman–Crippen LogP) is 5.05. The van der Waals surface area contributed by atoms with Gasteiger partial charge in [0.1, 0.15) is 17.2 Å². The summed E-state index contributed by atoms with van der Waals surface area (Å²) in [5, 5.41) is 1.52. The average molecular weight is 391 g/mol. The number of carbonyl (C=O) groups is 1. The van der Waals surface area contributed by atoms with E-state index in [0.29, 0.717) is 22.5 Å². The molecule has 0 spiro atoms. The maximum absolute atomic E-state index is 12.5. The minimum atomic E-state index is -1.66. The van der Waals surface area contributed by atoms with Crippen LogP contribution in [0.2, 0.25) is 0 Å². The Hall–Kier alpha value is -3.30. The maximum atomic E-state index is 12.5. The van der Waals surface area contributed by atoms with Gasteiger partial charge in [0.2, 0.25) is 0 Å². The smallest absolute Gasteiger partial charge is 0.355 e. The van der Waals surface area contributed by atoms with E-state index < -0.39 is 14.3 Å². The zero-order valence-corrected chi connectivity index (χ0v) is 16.1. The number of para-hydroxylation sites is 3. The van der Waals surface area contributed by atoms with E-state index in [1.54, 1.807) is 0 Å². The summed E-state index contributed by atoms with van der Waals surface area (Å²) in [4.78, 5) is 15.6. The first-order chi connectivity index (χ1) is 13.8. The number of hydrogen-bond donors (Lipinski definition) is 1. The van der Waals surface area contributed by atoms with Crippen LogP contribution < -0.4 is 14.4 Å². The molecule has 4 rings (SSSR count). The summed E-state index contributed by atoms with van der Waals surface area (Å²) >= 11 is 0. The second kappa shape index (κ2) is 8.15. The maximum Gasteiger partial charge on any atom is 0.355 e. The average Bonchev–Trinajstić information content (AvgIpc) is 3.14. The number of methoxy groups -OCH3 is 1. The van der Waals surface area contributed by atoms with Crippen molar-refractivity contribution in [3.8, 4) is 11.5 Å². The lowest BCUT2D eigenvalue weighted by atomic mass is 10.2. The number of benzene rings is 3. The monoisotopic (exact) mass is 391 g/mol.